The van der Waals surface area contributed by atoms with Gasteiger partial charge in [0.1, 0.15) is 23.2 Å². The fourth-order valence-corrected chi connectivity index (χ4v) is 9.76. The summed E-state index contributed by atoms with van der Waals surface area (Å²) in [7, 11) is -2.35. The molecule has 1 aromatic carbocycles. The molecule has 1 aromatic rings. The van der Waals surface area contributed by atoms with Crippen LogP contribution >= 0.6 is 0 Å². The number of nitrogens with zero attached hydrogens (tertiary/aromatic N) is 2. The van der Waals surface area contributed by atoms with Crippen LogP contribution in [-0.2, 0) is 19.6 Å². The normalized spacial score (nSPS) is 37.1. The number of carbonyl (C=O) groups excluding carboxylic acids is 2. The van der Waals surface area contributed by atoms with Crippen molar-refractivity contribution in [3.8, 4) is 5.75 Å². The lowest BCUT2D eigenvalue weighted by Crippen LogP contribution is -2.53. The Morgan fingerprint density at radius 1 is 1.08 bits per heavy atom. The molecule has 1 heterocycles. The summed E-state index contributed by atoms with van der Waals surface area (Å²) in [4.78, 5) is 28.8. The molecule has 0 N–H and O–H groups in total. The number of methoxy groups -OCH3 is 1. The molecule has 6 atom stereocenters. The number of hydrogen-bond acceptors (Lipinski definition) is 5. The summed E-state index contributed by atoms with van der Waals surface area (Å²) in [5, 5.41) is 0. The first-order valence-electron chi connectivity index (χ1n) is 14.1. The lowest BCUT2D eigenvalue weighted by Gasteiger charge is -2.52. The highest BCUT2D eigenvalue weighted by Gasteiger charge is 2.63. The van der Waals surface area contributed by atoms with Crippen LogP contribution in [0.15, 0.2) is 45.2 Å². The molecule has 0 aromatic heterocycles. The van der Waals surface area contributed by atoms with Crippen LogP contribution in [0.2, 0.25) is 0 Å². The van der Waals surface area contributed by atoms with E-state index in [-0.39, 0.29) is 45.5 Å². The van der Waals surface area contributed by atoms with E-state index >= 15 is 0 Å². The van der Waals surface area contributed by atoms with E-state index < -0.39 is 15.4 Å². The smallest absolute Gasteiger partial charge is 0.283 e. The molecule has 4 aliphatic carbocycles. The van der Waals surface area contributed by atoms with E-state index in [4.69, 9.17) is 4.74 Å². The van der Waals surface area contributed by atoms with E-state index in [0.29, 0.717) is 24.4 Å². The van der Waals surface area contributed by atoms with Gasteiger partial charge in [0.15, 0.2) is 0 Å². The first-order chi connectivity index (χ1) is 18.1. The summed E-state index contributed by atoms with van der Waals surface area (Å²) in [6.07, 6.45) is 8.47. The van der Waals surface area contributed by atoms with Gasteiger partial charge >= 0.3 is 0 Å². The first-order valence-corrected chi connectivity index (χ1v) is 15.5. The average Bonchev–Trinajstić information content (AvgIpc) is 3.60. The monoisotopic (exact) mass is 538 g/mol. The van der Waals surface area contributed by atoms with Gasteiger partial charge in [-0.05, 0) is 80.0 Å². The zero-order valence-corrected chi connectivity index (χ0v) is 23.4. The SMILES string of the molecule is COc1ccc(S(=O)(=O)N=C([C@@H]2CC3=CC[C@H]4[C@H]5CCC(=O)[C@]5(C)CC(=O)[C@@H]4[C@]3(C)C2)N2CCCC2)cc1. The number of hydrogen-bond donors (Lipinski definition) is 0. The molecule has 0 unspecified atom stereocenters. The second kappa shape index (κ2) is 9.04. The number of likely N-dealkylation sites (tertiary alicyclic amines) is 1. The standard InChI is InChI=1S/C30H38N2O5S/c1-29-17-19(16-20(29)6-11-23-24-12-13-26(34)30(24,2)18-25(33)27(23)29)28(32-14-4-5-15-32)31-38(35,36)22-9-7-21(37-3)8-10-22/h6-10,19,23-24,27H,4-5,11-18H2,1-3H3/t19-,23+,24-,27-,29-,30-/m1/s1. The van der Waals surface area contributed by atoms with Crippen LogP contribution in [0, 0.1) is 34.5 Å². The van der Waals surface area contributed by atoms with Crippen molar-refractivity contribution in [2.24, 2.45) is 38.9 Å². The highest BCUT2D eigenvalue weighted by molar-refractivity contribution is 7.90. The van der Waals surface area contributed by atoms with E-state index in [1.165, 1.54) is 5.57 Å². The van der Waals surface area contributed by atoms with Crippen molar-refractivity contribution in [1.29, 1.82) is 0 Å². The number of ether oxygens (including phenoxy) is 1. The topological polar surface area (TPSA) is 93.1 Å². The largest absolute Gasteiger partial charge is 0.497 e. The predicted molar refractivity (Wildman–Crippen MR) is 144 cm³/mol. The number of rotatable bonds is 4. The molecule has 1 saturated heterocycles. The fraction of sp³-hybridized carbons (Fsp3) is 0.633. The summed E-state index contributed by atoms with van der Waals surface area (Å²) < 4.78 is 36.6. The molecule has 0 amide bonds. The molecule has 0 bridgehead atoms. The summed E-state index contributed by atoms with van der Waals surface area (Å²) in [5.74, 6) is 2.02. The Balaban J connectivity index is 1.34. The highest BCUT2D eigenvalue weighted by atomic mass is 32.2. The van der Waals surface area contributed by atoms with Gasteiger partial charge in [0.2, 0.25) is 0 Å². The zero-order chi connectivity index (χ0) is 26.9. The molecule has 6 rings (SSSR count). The molecule has 5 aliphatic rings. The van der Waals surface area contributed by atoms with Gasteiger partial charge in [-0.15, -0.1) is 4.40 Å². The minimum absolute atomic E-state index is 0.0533. The summed E-state index contributed by atoms with van der Waals surface area (Å²) in [5.41, 5.74) is 0.452. The van der Waals surface area contributed by atoms with Crippen molar-refractivity contribution in [2.75, 3.05) is 20.2 Å². The number of allylic oxidation sites excluding steroid dienone is 2. The Kier molecular flexibility index (Phi) is 6.13. The summed E-state index contributed by atoms with van der Waals surface area (Å²) >= 11 is 0. The average molecular weight is 539 g/mol. The Hall–Kier alpha value is -2.48. The third-order valence-electron chi connectivity index (χ3n) is 10.5. The van der Waals surface area contributed by atoms with E-state index in [2.05, 4.69) is 22.3 Å². The maximum Gasteiger partial charge on any atom is 0.283 e. The highest BCUT2D eigenvalue weighted by Crippen LogP contribution is 2.64. The minimum Gasteiger partial charge on any atom is -0.497 e. The number of Topliss-reactive ketones (excluding diaryl/α,β-unsaturated/α-hetero) is 2. The van der Waals surface area contributed by atoms with Gasteiger partial charge in [0, 0.05) is 43.2 Å². The number of amidine groups is 1. The maximum atomic E-state index is 13.7. The Morgan fingerprint density at radius 2 is 1.79 bits per heavy atom. The lowest BCUT2D eigenvalue weighted by atomic mass is 9.50. The summed E-state index contributed by atoms with van der Waals surface area (Å²) in [6.45, 7) is 5.84. The van der Waals surface area contributed by atoms with Crippen LogP contribution in [0.25, 0.3) is 0 Å². The second-order valence-corrected chi connectivity index (χ2v) is 14.2. The minimum atomic E-state index is -3.91. The molecular formula is C30H38N2O5S. The van der Waals surface area contributed by atoms with E-state index in [9.17, 15) is 18.0 Å². The zero-order valence-electron chi connectivity index (χ0n) is 22.6. The summed E-state index contributed by atoms with van der Waals surface area (Å²) in [6, 6.07) is 6.37. The Bertz CT molecular complexity index is 1330. The molecular weight excluding hydrogens is 500 g/mol. The van der Waals surface area contributed by atoms with E-state index in [1.54, 1.807) is 31.4 Å². The second-order valence-electron chi connectivity index (χ2n) is 12.6. The fourth-order valence-electron chi connectivity index (χ4n) is 8.66. The van der Waals surface area contributed by atoms with Gasteiger partial charge in [-0.3, -0.25) is 9.59 Å². The maximum absolute atomic E-state index is 13.7. The number of fused-ring (bicyclic) bond motifs is 5. The van der Waals surface area contributed by atoms with Gasteiger partial charge in [-0.2, -0.15) is 8.42 Å². The van der Waals surface area contributed by atoms with Crippen molar-refractivity contribution in [1.82, 2.24) is 4.90 Å². The molecule has 8 heteroatoms. The molecule has 0 spiro atoms. The van der Waals surface area contributed by atoms with Gasteiger partial charge in [-0.1, -0.05) is 25.5 Å². The number of benzene rings is 1. The van der Waals surface area contributed by atoms with E-state index in [1.807, 2.05) is 6.92 Å². The quantitative estimate of drug-likeness (QED) is 0.310. The van der Waals surface area contributed by atoms with Crippen LogP contribution in [-0.4, -0.2) is 50.9 Å². The third-order valence-corrected chi connectivity index (χ3v) is 11.8. The van der Waals surface area contributed by atoms with E-state index in [0.717, 1.165) is 51.6 Å². The Labute approximate surface area is 225 Å². The molecule has 3 saturated carbocycles. The van der Waals surface area contributed by atoms with Crippen LogP contribution in [0.4, 0.5) is 0 Å². The van der Waals surface area contributed by atoms with Crippen molar-refractivity contribution in [2.45, 2.75) is 70.1 Å². The molecule has 0 radical (unpaired) electrons. The van der Waals surface area contributed by atoms with Crippen LogP contribution in [0.3, 0.4) is 0 Å². The van der Waals surface area contributed by atoms with Crippen LogP contribution in [0.5, 0.6) is 5.75 Å². The van der Waals surface area contributed by atoms with Crippen LogP contribution in [0.1, 0.15) is 65.2 Å². The van der Waals surface area contributed by atoms with Gasteiger partial charge in [-0.25, -0.2) is 0 Å². The van der Waals surface area contributed by atoms with Crippen molar-refractivity contribution in [3.63, 3.8) is 0 Å². The molecule has 1 aliphatic heterocycles. The van der Waals surface area contributed by atoms with Gasteiger partial charge in [0.05, 0.1) is 12.0 Å². The van der Waals surface area contributed by atoms with Crippen molar-refractivity contribution in [3.05, 3.63) is 35.9 Å². The molecule has 204 valence electrons. The molecule has 7 nitrogen and oxygen atoms in total. The number of sulfonamides is 1. The number of carbonyl (C=O) groups is 2. The van der Waals surface area contributed by atoms with Gasteiger partial charge in [0.25, 0.3) is 10.0 Å². The number of ketones is 2. The van der Waals surface area contributed by atoms with Crippen molar-refractivity contribution >= 4 is 27.4 Å². The lowest BCUT2D eigenvalue weighted by molar-refractivity contribution is -0.147. The Morgan fingerprint density at radius 3 is 2.47 bits per heavy atom. The van der Waals surface area contributed by atoms with Crippen LogP contribution < -0.4 is 4.74 Å². The van der Waals surface area contributed by atoms with Gasteiger partial charge < -0.3 is 9.64 Å². The molecule has 4 fully saturated rings. The third kappa shape index (κ3) is 3.89. The first kappa shape index (κ1) is 25.8. The molecule has 38 heavy (non-hydrogen) atoms. The van der Waals surface area contributed by atoms with Crippen molar-refractivity contribution < 1.29 is 22.7 Å². The predicted octanol–water partition coefficient (Wildman–Crippen LogP) is 4.82.